The number of aliphatic hydroxyl groups excluding tert-OH is 1. The standard InChI is InChI=1S/C37H70NO10P/c1-3-5-7-9-11-13-14-15-16-17-18-19-21-23-25-27-29-36(41)46-30-33(39)31-47-49(44,45)48-32-34(37(42)43)38-35(40)28-26-24-22-20-12-10-8-6-4-2/h16-17,33-34,39H,3-15,18-32H2,1-2H3,(H,38,40)(H,42,43)(H,44,45)/b17-16-. The van der Waals surface area contributed by atoms with Gasteiger partial charge in [-0.2, -0.15) is 0 Å². The monoisotopic (exact) mass is 719 g/mol. The number of carbonyl (C=O) groups is 3. The molecule has 0 fully saturated rings. The van der Waals surface area contributed by atoms with E-state index < -0.39 is 57.6 Å². The molecule has 0 aromatic heterocycles. The minimum absolute atomic E-state index is 0.148. The molecule has 0 saturated heterocycles. The van der Waals surface area contributed by atoms with Crippen molar-refractivity contribution < 1.29 is 47.8 Å². The van der Waals surface area contributed by atoms with Gasteiger partial charge in [-0.15, -0.1) is 0 Å². The van der Waals surface area contributed by atoms with Crippen LogP contribution in [0.5, 0.6) is 0 Å². The number of carboxylic acid groups (broad SMARTS) is 1. The Morgan fingerprint density at radius 1 is 0.633 bits per heavy atom. The molecule has 0 bridgehead atoms. The van der Waals surface area contributed by atoms with Crippen LogP contribution < -0.4 is 5.32 Å². The predicted molar refractivity (Wildman–Crippen MR) is 194 cm³/mol. The molecule has 0 saturated carbocycles. The summed E-state index contributed by atoms with van der Waals surface area (Å²) in [6.07, 6.45) is 29.7. The minimum atomic E-state index is -4.74. The van der Waals surface area contributed by atoms with E-state index in [1.54, 1.807) is 0 Å². The summed E-state index contributed by atoms with van der Waals surface area (Å²) in [6.45, 7) is 2.53. The zero-order chi connectivity index (χ0) is 36.4. The first-order valence-corrected chi connectivity index (χ1v) is 20.7. The first-order chi connectivity index (χ1) is 23.6. The van der Waals surface area contributed by atoms with Crippen molar-refractivity contribution in [2.45, 2.75) is 187 Å². The number of aliphatic carboxylic acids is 1. The number of ether oxygens (including phenoxy) is 1. The van der Waals surface area contributed by atoms with Crippen molar-refractivity contribution in [3.05, 3.63) is 12.2 Å². The number of rotatable bonds is 36. The molecule has 0 aliphatic heterocycles. The number of carboxylic acids is 1. The SMILES string of the molecule is CCCCCCCCC/C=C\CCCCCCCC(=O)OCC(O)COP(=O)(O)OCC(NC(=O)CCCCCCCCCCC)C(=O)O. The fraction of sp³-hybridized carbons (Fsp3) is 0.865. The number of unbranched alkanes of at least 4 members (excludes halogenated alkanes) is 20. The summed E-state index contributed by atoms with van der Waals surface area (Å²) in [7, 11) is -4.74. The van der Waals surface area contributed by atoms with E-state index in [2.05, 4.69) is 31.3 Å². The largest absolute Gasteiger partial charge is 0.480 e. The fourth-order valence-corrected chi connectivity index (χ4v) is 6.02. The lowest BCUT2D eigenvalue weighted by Gasteiger charge is -2.18. The Labute approximate surface area is 296 Å². The Hall–Kier alpha value is -1.78. The second-order valence-corrected chi connectivity index (χ2v) is 14.6. The molecular formula is C37H70NO10P. The zero-order valence-electron chi connectivity index (χ0n) is 30.8. The lowest BCUT2D eigenvalue weighted by Crippen LogP contribution is -2.43. The number of allylic oxidation sites excluding steroid dienone is 2. The van der Waals surface area contributed by atoms with Gasteiger partial charge < -0.3 is 25.2 Å². The molecule has 3 unspecified atom stereocenters. The molecule has 0 spiro atoms. The third-order valence-corrected chi connectivity index (χ3v) is 9.26. The highest BCUT2D eigenvalue weighted by atomic mass is 31.2. The number of nitrogens with one attached hydrogen (secondary N) is 1. The lowest BCUT2D eigenvalue weighted by molar-refractivity contribution is -0.147. The van der Waals surface area contributed by atoms with Crippen LogP contribution in [0.2, 0.25) is 0 Å². The average Bonchev–Trinajstić information content (AvgIpc) is 3.07. The van der Waals surface area contributed by atoms with Crippen molar-refractivity contribution in [1.82, 2.24) is 5.32 Å². The highest BCUT2D eigenvalue weighted by Crippen LogP contribution is 2.43. The number of esters is 1. The van der Waals surface area contributed by atoms with Gasteiger partial charge in [0, 0.05) is 12.8 Å². The van der Waals surface area contributed by atoms with Gasteiger partial charge in [-0.3, -0.25) is 18.6 Å². The molecule has 0 heterocycles. The van der Waals surface area contributed by atoms with E-state index in [4.69, 9.17) is 13.8 Å². The van der Waals surface area contributed by atoms with Gasteiger partial charge in [0.1, 0.15) is 12.7 Å². The van der Waals surface area contributed by atoms with E-state index in [1.807, 2.05) is 0 Å². The summed E-state index contributed by atoms with van der Waals surface area (Å²) in [5.74, 6) is -2.38. The van der Waals surface area contributed by atoms with Crippen LogP contribution in [0.15, 0.2) is 12.2 Å². The molecule has 49 heavy (non-hydrogen) atoms. The van der Waals surface area contributed by atoms with Crippen molar-refractivity contribution in [2.75, 3.05) is 19.8 Å². The summed E-state index contributed by atoms with van der Waals surface area (Å²) in [5, 5.41) is 21.7. The average molecular weight is 720 g/mol. The van der Waals surface area contributed by atoms with Crippen molar-refractivity contribution in [3.8, 4) is 0 Å². The number of hydrogen-bond acceptors (Lipinski definition) is 8. The third kappa shape index (κ3) is 33.1. The fourth-order valence-electron chi connectivity index (χ4n) is 5.25. The Kier molecular flexibility index (Phi) is 32.2. The number of aliphatic hydroxyl groups is 1. The van der Waals surface area contributed by atoms with Gasteiger partial charge in [-0.1, -0.05) is 135 Å². The van der Waals surface area contributed by atoms with E-state index in [1.165, 1.54) is 77.0 Å². The maximum absolute atomic E-state index is 12.2. The number of amides is 1. The Bertz CT molecular complexity index is 900. The number of phosphoric acid groups is 1. The van der Waals surface area contributed by atoms with Gasteiger partial charge >= 0.3 is 19.8 Å². The molecule has 288 valence electrons. The molecule has 12 heteroatoms. The Morgan fingerprint density at radius 2 is 1.06 bits per heavy atom. The van der Waals surface area contributed by atoms with E-state index >= 15 is 0 Å². The van der Waals surface area contributed by atoms with E-state index in [0.29, 0.717) is 12.8 Å². The smallest absolute Gasteiger partial charge is 0.472 e. The van der Waals surface area contributed by atoms with Crippen molar-refractivity contribution in [1.29, 1.82) is 0 Å². The highest BCUT2D eigenvalue weighted by molar-refractivity contribution is 7.47. The molecule has 1 amide bonds. The minimum Gasteiger partial charge on any atom is -0.480 e. The summed E-state index contributed by atoms with van der Waals surface area (Å²) >= 11 is 0. The van der Waals surface area contributed by atoms with Crippen molar-refractivity contribution in [3.63, 3.8) is 0 Å². The van der Waals surface area contributed by atoms with Crippen LogP contribution in [0, 0.1) is 0 Å². The second-order valence-electron chi connectivity index (χ2n) is 13.1. The molecule has 0 aliphatic carbocycles. The van der Waals surface area contributed by atoms with Crippen LogP contribution >= 0.6 is 7.82 Å². The van der Waals surface area contributed by atoms with Gasteiger partial charge in [-0.25, -0.2) is 9.36 Å². The number of hydrogen-bond donors (Lipinski definition) is 4. The van der Waals surface area contributed by atoms with Crippen molar-refractivity contribution >= 4 is 25.7 Å². The zero-order valence-corrected chi connectivity index (χ0v) is 31.6. The lowest BCUT2D eigenvalue weighted by atomic mass is 10.1. The van der Waals surface area contributed by atoms with E-state index in [0.717, 1.165) is 57.8 Å². The van der Waals surface area contributed by atoms with Crippen LogP contribution in [0.25, 0.3) is 0 Å². The molecule has 11 nitrogen and oxygen atoms in total. The van der Waals surface area contributed by atoms with Crippen molar-refractivity contribution in [2.24, 2.45) is 0 Å². The maximum atomic E-state index is 12.2. The molecule has 0 radical (unpaired) electrons. The van der Waals surface area contributed by atoms with Crippen LogP contribution in [0.4, 0.5) is 0 Å². The van der Waals surface area contributed by atoms with Crippen LogP contribution in [0.3, 0.4) is 0 Å². The number of carbonyl (C=O) groups excluding carboxylic acids is 2. The quantitative estimate of drug-likeness (QED) is 0.0212. The third-order valence-electron chi connectivity index (χ3n) is 8.30. The molecule has 0 aliphatic rings. The first kappa shape index (κ1) is 47.2. The Morgan fingerprint density at radius 3 is 1.55 bits per heavy atom. The molecule has 0 aromatic rings. The summed E-state index contributed by atoms with van der Waals surface area (Å²) in [5.41, 5.74) is 0. The van der Waals surface area contributed by atoms with Crippen LogP contribution in [-0.4, -0.2) is 64.9 Å². The molecule has 0 aromatic carbocycles. The molecular weight excluding hydrogens is 649 g/mol. The number of phosphoric ester groups is 1. The van der Waals surface area contributed by atoms with Gasteiger partial charge in [0.05, 0.1) is 13.2 Å². The predicted octanol–water partition coefficient (Wildman–Crippen LogP) is 8.94. The normalized spacial score (nSPS) is 14.0. The Balaban J connectivity index is 3.93. The van der Waals surface area contributed by atoms with Gasteiger partial charge in [0.2, 0.25) is 5.91 Å². The van der Waals surface area contributed by atoms with Gasteiger partial charge in [-0.05, 0) is 38.5 Å². The summed E-state index contributed by atoms with van der Waals surface area (Å²) in [6, 6.07) is -1.54. The van der Waals surface area contributed by atoms with E-state index in [-0.39, 0.29) is 12.8 Å². The summed E-state index contributed by atoms with van der Waals surface area (Å²) < 4.78 is 26.7. The van der Waals surface area contributed by atoms with Gasteiger partial charge in [0.25, 0.3) is 0 Å². The molecule has 4 N–H and O–H groups in total. The second kappa shape index (κ2) is 33.4. The topological polar surface area (TPSA) is 169 Å². The van der Waals surface area contributed by atoms with Crippen LogP contribution in [-0.2, 0) is 32.7 Å². The molecule has 3 atom stereocenters. The summed E-state index contributed by atoms with van der Waals surface area (Å²) in [4.78, 5) is 45.6. The van der Waals surface area contributed by atoms with Gasteiger partial charge in [0.15, 0.2) is 6.04 Å². The molecule has 0 rings (SSSR count). The van der Waals surface area contributed by atoms with E-state index in [9.17, 15) is 34.1 Å². The first-order valence-electron chi connectivity index (χ1n) is 19.2. The highest BCUT2D eigenvalue weighted by Gasteiger charge is 2.28. The maximum Gasteiger partial charge on any atom is 0.472 e. The van der Waals surface area contributed by atoms with Crippen LogP contribution in [0.1, 0.15) is 174 Å².